The van der Waals surface area contributed by atoms with Crippen LogP contribution in [0.1, 0.15) is 31.7 Å². The van der Waals surface area contributed by atoms with E-state index in [1.54, 1.807) is 0 Å². The van der Waals surface area contributed by atoms with E-state index in [9.17, 15) is 9.59 Å². The molecule has 0 radical (unpaired) electrons. The van der Waals surface area contributed by atoms with Gasteiger partial charge in [0.05, 0.1) is 6.61 Å². The van der Waals surface area contributed by atoms with Crippen LogP contribution in [0.3, 0.4) is 0 Å². The van der Waals surface area contributed by atoms with Gasteiger partial charge >= 0.3 is 0 Å². The normalized spacial score (nSPS) is 17.7. The molecular weight excluding hydrogens is 292 g/mol. The predicted molar refractivity (Wildman–Crippen MR) is 89.3 cm³/mol. The smallest absolute Gasteiger partial charge is 0.224 e. The summed E-state index contributed by atoms with van der Waals surface area (Å²) in [6.07, 6.45) is 2.46. The van der Waals surface area contributed by atoms with Gasteiger partial charge < -0.3 is 15.0 Å². The summed E-state index contributed by atoms with van der Waals surface area (Å²) in [5.41, 5.74) is 1.21. The third kappa shape index (κ3) is 5.93. The highest BCUT2D eigenvalue weighted by atomic mass is 16.5. The Morgan fingerprint density at radius 3 is 2.74 bits per heavy atom. The van der Waals surface area contributed by atoms with Gasteiger partial charge in [-0.15, -0.1) is 0 Å². The van der Waals surface area contributed by atoms with Crippen molar-refractivity contribution in [3.63, 3.8) is 0 Å². The first-order valence-corrected chi connectivity index (χ1v) is 8.26. The Labute approximate surface area is 138 Å². The van der Waals surface area contributed by atoms with Gasteiger partial charge in [0, 0.05) is 38.9 Å². The molecule has 0 spiro atoms. The van der Waals surface area contributed by atoms with Crippen LogP contribution in [-0.2, 0) is 9.59 Å². The first-order chi connectivity index (χ1) is 11.0. The van der Waals surface area contributed by atoms with E-state index in [0.29, 0.717) is 25.5 Å². The van der Waals surface area contributed by atoms with Gasteiger partial charge in [0.15, 0.2) is 0 Å². The number of hydrogen-bond acceptors (Lipinski definition) is 3. The van der Waals surface area contributed by atoms with E-state index in [4.69, 9.17) is 4.74 Å². The summed E-state index contributed by atoms with van der Waals surface area (Å²) in [5.74, 6) is 1.26. The topological polar surface area (TPSA) is 58.6 Å². The summed E-state index contributed by atoms with van der Waals surface area (Å²) < 4.78 is 5.85. The van der Waals surface area contributed by atoms with Crippen molar-refractivity contribution in [1.29, 1.82) is 0 Å². The standard InChI is InChI=1S/C18H26N2O3/c1-14-5-7-17(8-6-14)23-13-16-4-3-11-20(12-16)18(22)9-10-19-15(2)21/h5-8,16H,3-4,9-13H2,1-2H3,(H,19,21)/t16-/m1/s1. The van der Waals surface area contributed by atoms with Crippen molar-refractivity contribution in [3.05, 3.63) is 29.8 Å². The highest BCUT2D eigenvalue weighted by molar-refractivity contribution is 5.78. The van der Waals surface area contributed by atoms with Crippen molar-refractivity contribution in [3.8, 4) is 5.75 Å². The van der Waals surface area contributed by atoms with Crippen LogP contribution in [0.25, 0.3) is 0 Å². The first-order valence-electron chi connectivity index (χ1n) is 8.26. The maximum Gasteiger partial charge on any atom is 0.224 e. The SMILES string of the molecule is CC(=O)NCCC(=O)N1CCC[C@@H](COc2ccc(C)cc2)C1. The summed E-state index contributed by atoms with van der Waals surface area (Å²) in [5, 5.41) is 2.67. The molecule has 1 aromatic carbocycles. The van der Waals surface area contributed by atoms with Crippen molar-refractivity contribution in [2.75, 3.05) is 26.2 Å². The molecule has 5 heteroatoms. The highest BCUT2D eigenvalue weighted by Crippen LogP contribution is 2.19. The molecule has 0 bridgehead atoms. The summed E-state index contributed by atoms with van der Waals surface area (Å²) in [6.45, 7) is 6.11. The van der Waals surface area contributed by atoms with Crippen molar-refractivity contribution >= 4 is 11.8 Å². The van der Waals surface area contributed by atoms with Gasteiger partial charge in [0.1, 0.15) is 5.75 Å². The van der Waals surface area contributed by atoms with Crippen molar-refractivity contribution < 1.29 is 14.3 Å². The molecule has 1 aliphatic rings. The number of carbonyl (C=O) groups is 2. The molecule has 1 heterocycles. The number of hydrogen-bond donors (Lipinski definition) is 1. The van der Waals surface area contributed by atoms with E-state index in [0.717, 1.165) is 31.7 Å². The lowest BCUT2D eigenvalue weighted by Gasteiger charge is -2.32. The second-order valence-electron chi connectivity index (χ2n) is 6.21. The van der Waals surface area contributed by atoms with Gasteiger partial charge in [-0.05, 0) is 31.9 Å². The Balaban J connectivity index is 1.75. The maximum atomic E-state index is 12.2. The van der Waals surface area contributed by atoms with Crippen LogP contribution in [0.15, 0.2) is 24.3 Å². The molecule has 0 saturated carbocycles. The van der Waals surface area contributed by atoms with E-state index in [-0.39, 0.29) is 11.8 Å². The Morgan fingerprint density at radius 2 is 2.04 bits per heavy atom. The molecule has 23 heavy (non-hydrogen) atoms. The van der Waals surface area contributed by atoms with Gasteiger partial charge in [-0.1, -0.05) is 17.7 Å². The van der Waals surface area contributed by atoms with Crippen LogP contribution in [-0.4, -0.2) is 43.0 Å². The lowest BCUT2D eigenvalue weighted by atomic mass is 9.98. The fourth-order valence-corrected chi connectivity index (χ4v) is 2.78. The number of rotatable bonds is 6. The number of carbonyl (C=O) groups excluding carboxylic acids is 2. The van der Waals surface area contributed by atoms with Crippen molar-refractivity contribution in [2.24, 2.45) is 5.92 Å². The third-order valence-electron chi connectivity index (χ3n) is 4.09. The number of piperidine rings is 1. The molecule has 1 atom stereocenters. The molecule has 1 aromatic rings. The van der Waals surface area contributed by atoms with Crippen LogP contribution in [0.4, 0.5) is 0 Å². The van der Waals surface area contributed by atoms with Gasteiger partial charge in [-0.3, -0.25) is 9.59 Å². The molecule has 1 saturated heterocycles. The fraction of sp³-hybridized carbons (Fsp3) is 0.556. The van der Waals surface area contributed by atoms with Gasteiger partial charge in [-0.25, -0.2) is 0 Å². The quantitative estimate of drug-likeness (QED) is 0.874. The Morgan fingerprint density at radius 1 is 1.30 bits per heavy atom. The van der Waals surface area contributed by atoms with Crippen LogP contribution in [0.5, 0.6) is 5.75 Å². The zero-order valence-corrected chi connectivity index (χ0v) is 14.0. The largest absolute Gasteiger partial charge is 0.493 e. The third-order valence-corrected chi connectivity index (χ3v) is 4.09. The number of amides is 2. The molecule has 2 rings (SSSR count). The lowest BCUT2D eigenvalue weighted by Crippen LogP contribution is -2.42. The van der Waals surface area contributed by atoms with Crippen LogP contribution < -0.4 is 10.1 Å². The maximum absolute atomic E-state index is 12.2. The number of nitrogens with one attached hydrogen (secondary N) is 1. The monoisotopic (exact) mass is 318 g/mol. The number of nitrogens with zero attached hydrogens (tertiary/aromatic N) is 1. The molecule has 1 N–H and O–H groups in total. The minimum Gasteiger partial charge on any atom is -0.493 e. The number of aryl methyl sites for hydroxylation is 1. The predicted octanol–water partition coefficient (Wildman–Crippen LogP) is 2.14. The summed E-state index contributed by atoms with van der Waals surface area (Å²) >= 11 is 0. The van der Waals surface area contributed by atoms with Crippen LogP contribution in [0.2, 0.25) is 0 Å². The molecule has 0 unspecified atom stereocenters. The molecule has 0 aromatic heterocycles. The molecule has 2 amide bonds. The van der Waals surface area contributed by atoms with Crippen LogP contribution in [0, 0.1) is 12.8 Å². The van der Waals surface area contributed by atoms with Gasteiger partial charge in [0.25, 0.3) is 0 Å². The fourth-order valence-electron chi connectivity index (χ4n) is 2.78. The summed E-state index contributed by atoms with van der Waals surface area (Å²) in [6, 6.07) is 8.03. The number of benzene rings is 1. The summed E-state index contributed by atoms with van der Waals surface area (Å²) in [7, 11) is 0. The highest BCUT2D eigenvalue weighted by Gasteiger charge is 2.23. The molecule has 0 aliphatic carbocycles. The van der Waals surface area contributed by atoms with Crippen LogP contribution >= 0.6 is 0 Å². The number of ether oxygens (including phenoxy) is 1. The Hall–Kier alpha value is -2.04. The van der Waals surface area contributed by atoms with E-state index >= 15 is 0 Å². The zero-order valence-electron chi connectivity index (χ0n) is 14.0. The zero-order chi connectivity index (χ0) is 16.7. The first kappa shape index (κ1) is 17.3. The Bertz CT molecular complexity index is 528. The van der Waals surface area contributed by atoms with Gasteiger partial charge in [0.2, 0.25) is 11.8 Å². The van der Waals surface area contributed by atoms with Gasteiger partial charge in [-0.2, -0.15) is 0 Å². The van der Waals surface area contributed by atoms with Crippen molar-refractivity contribution in [1.82, 2.24) is 10.2 Å². The minimum absolute atomic E-state index is 0.0965. The van der Waals surface area contributed by atoms with E-state index < -0.39 is 0 Å². The Kier molecular flexibility index (Phi) is 6.44. The van der Waals surface area contributed by atoms with E-state index in [1.165, 1.54) is 12.5 Å². The number of likely N-dealkylation sites (tertiary alicyclic amines) is 1. The minimum atomic E-state index is -0.0965. The second-order valence-corrected chi connectivity index (χ2v) is 6.21. The summed E-state index contributed by atoms with van der Waals surface area (Å²) in [4.78, 5) is 24.9. The second kappa shape index (κ2) is 8.56. The molecule has 1 fully saturated rings. The van der Waals surface area contributed by atoms with Crippen molar-refractivity contribution in [2.45, 2.75) is 33.1 Å². The molecule has 126 valence electrons. The van der Waals surface area contributed by atoms with E-state index in [1.807, 2.05) is 29.2 Å². The molecular formula is C18H26N2O3. The average Bonchev–Trinajstić information content (AvgIpc) is 2.54. The lowest BCUT2D eigenvalue weighted by molar-refractivity contribution is -0.133. The average molecular weight is 318 g/mol. The molecule has 1 aliphatic heterocycles. The molecule has 5 nitrogen and oxygen atoms in total. The van der Waals surface area contributed by atoms with E-state index in [2.05, 4.69) is 12.2 Å².